The van der Waals surface area contributed by atoms with Gasteiger partial charge >= 0.3 is 0 Å². The zero-order chi connectivity index (χ0) is 7.03. The first-order chi connectivity index (χ1) is 4.87. The van der Waals surface area contributed by atoms with E-state index in [1.54, 1.807) is 0 Å². The zero-order valence-electron chi connectivity index (χ0n) is 6.18. The van der Waals surface area contributed by atoms with Gasteiger partial charge < -0.3 is 9.84 Å². The van der Waals surface area contributed by atoms with Gasteiger partial charge in [-0.25, -0.2) is 0 Å². The first-order valence-corrected chi connectivity index (χ1v) is 4.06. The van der Waals surface area contributed by atoms with Crippen molar-refractivity contribution in [1.29, 1.82) is 0 Å². The molecule has 1 aliphatic carbocycles. The monoisotopic (exact) mass is 142 g/mol. The molecule has 2 aliphatic rings. The molecule has 58 valence electrons. The lowest BCUT2D eigenvalue weighted by Crippen LogP contribution is -2.21. The highest BCUT2D eigenvalue weighted by molar-refractivity contribution is 5.02. The fourth-order valence-corrected chi connectivity index (χ4v) is 2.05. The van der Waals surface area contributed by atoms with Gasteiger partial charge in [-0.1, -0.05) is 0 Å². The molecule has 1 aliphatic heterocycles. The lowest BCUT2D eigenvalue weighted by Gasteiger charge is -2.22. The summed E-state index contributed by atoms with van der Waals surface area (Å²) in [6.07, 6.45) is 3.66. The third-order valence-corrected chi connectivity index (χ3v) is 2.93. The summed E-state index contributed by atoms with van der Waals surface area (Å²) >= 11 is 0. The molecule has 0 radical (unpaired) electrons. The summed E-state index contributed by atoms with van der Waals surface area (Å²) in [5.41, 5.74) is 0.424. The van der Waals surface area contributed by atoms with Gasteiger partial charge in [-0.15, -0.1) is 0 Å². The van der Waals surface area contributed by atoms with E-state index in [0.717, 1.165) is 13.2 Å². The van der Waals surface area contributed by atoms with Crippen molar-refractivity contribution >= 4 is 0 Å². The normalized spacial score (nSPS) is 45.9. The largest absolute Gasteiger partial charge is 0.396 e. The Balaban J connectivity index is 1.92. The van der Waals surface area contributed by atoms with Gasteiger partial charge in [0, 0.05) is 13.2 Å². The maximum atomic E-state index is 8.87. The van der Waals surface area contributed by atoms with E-state index in [2.05, 4.69) is 0 Å². The Kier molecular flexibility index (Phi) is 1.46. The molecular formula is C8H14O2. The fraction of sp³-hybridized carbons (Fsp3) is 1.00. The third-order valence-electron chi connectivity index (χ3n) is 2.93. The fourth-order valence-electron chi connectivity index (χ4n) is 2.05. The zero-order valence-corrected chi connectivity index (χ0v) is 6.18. The average Bonchev–Trinajstić information content (AvgIpc) is 2.65. The van der Waals surface area contributed by atoms with Crippen LogP contribution in [0.25, 0.3) is 0 Å². The van der Waals surface area contributed by atoms with Crippen LogP contribution in [0.2, 0.25) is 0 Å². The van der Waals surface area contributed by atoms with E-state index in [9.17, 15) is 0 Å². The van der Waals surface area contributed by atoms with Gasteiger partial charge in [0.1, 0.15) is 0 Å². The second-order valence-corrected chi connectivity index (χ2v) is 3.60. The average molecular weight is 142 g/mol. The van der Waals surface area contributed by atoms with Crippen LogP contribution in [0.15, 0.2) is 0 Å². The highest BCUT2D eigenvalue weighted by Gasteiger charge is 2.53. The molecule has 2 atom stereocenters. The van der Waals surface area contributed by atoms with Crippen LogP contribution >= 0.6 is 0 Å². The van der Waals surface area contributed by atoms with E-state index < -0.39 is 0 Å². The van der Waals surface area contributed by atoms with E-state index in [1.807, 2.05) is 0 Å². The van der Waals surface area contributed by atoms with Crippen molar-refractivity contribution < 1.29 is 9.84 Å². The molecule has 1 heterocycles. The predicted octanol–water partition coefficient (Wildman–Crippen LogP) is 0.795. The van der Waals surface area contributed by atoms with Gasteiger partial charge in [0.25, 0.3) is 0 Å². The molecule has 1 spiro atoms. The minimum Gasteiger partial charge on any atom is -0.396 e. The van der Waals surface area contributed by atoms with Crippen molar-refractivity contribution in [3.63, 3.8) is 0 Å². The van der Waals surface area contributed by atoms with Crippen molar-refractivity contribution in [2.75, 3.05) is 19.8 Å². The Morgan fingerprint density at radius 2 is 2.50 bits per heavy atom. The predicted molar refractivity (Wildman–Crippen MR) is 37.7 cm³/mol. The molecule has 0 aromatic rings. The summed E-state index contributed by atoms with van der Waals surface area (Å²) in [4.78, 5) is 0. The molecule has 1 saturated carbocycles. The van der Waals surface area contributed by atoms with Gasteiger partial charge in [-0.3, -0.25) is 0 Å². The standard InChI is InChI=1S/C8H14O2/c9-5-7-4-8(7)2-1-3-10-6-8/h7,9H,1-6H2. The minimum atomic E-state index is 0.364. The summed E-state index contributed by atoms with van der Waals surface area (Å²) in [5.74, 6) is 0.563. The maximum Gasteiger partial charge on any atom is 0.0526 e. The summed E-state index contributed by atoms with van der Waals surface area (Å²) in [5, 5.41) is 8.87. The highest BCUT2D eigenvalue weighted by atomic mass is 16.5. The molecule has 2 heteroatoms. The maximum absolute atomic E-state index is 8.87. The van der Waals surface area contributed by atoms with E-state index in [1.165, 1.54) is 19.3 Å². The molecule has 2 rings (SSSR count). The number of ether oxygens (including phenoxy) is 1. The first kappa shape index (κ1) is 6.62. The van der Waals surface area contributed by atoms with Crippen LogP contribution in [-0.4, -0.2) is 24.9 Å². The van der Waals surface area contributed by atoms with Gasteiger partial charge in [0.15, 0.2) is 0 Å². The Labute approximate surface area is 61.2 Å². The topological polar surface area (TPSA) is 29.5 Å². The molecule has 2 fully saturated rings. The quantitative estimate of drug-likeness (QED) is 0.586. The summed E-state index contributed by atoms with van der Waals surface area (Å²) in [6.45, 7) is 2.20. The smallest absolute Gasteiger partial charge is 0.0526 e. The van der Waals surface area contributed by atoms with Crippen LogP contribution < -0.4 is 0 Å². The molecule has 1 saturated heterocycles. The molecule has 0 amide bonds. The highest BCUT2D eigenvalue weighted by Crippen LogP contribution is 2.56. The molecule has 0 aromatic carbocycles. The van der Waals surface area contributed by atoms with Crippen LogP contribution in [0.3, 0.4) is 0 Å². The minimum absolute atomic E-state index is 0.364. The molecule has 2 unspecified atom stereocenters. The van der Waals surface area contributed by atoms with Gasteiger partial charge in [-0.2, -0.15) is 0 Å². The number of hydrogen-bond donors (Lipinski definition) is 1. The molecular weight excluding hydrogens is 128 g/mol. The van der Waals surface area contributed by atoms with E-state index >= 15 is 0 Å². The molecule has 0 aromatic heterocycles. The van der Waals surface area contributed by atoms with Crippen molar-refractivity contribution in [3.05, 3.63) is 0 Å². The summed E-state index contributed by atoms with van der Waals surface area (Å²) < 4.78 is 5.37. The Hall–Kier alpha value is -0.0800. The Morgan fingerprint density at radius 3 is 3.00 bits per heavy atom. The Morgan fingerprint density at radius 1 is 1.60 bits per heavy atom. The van der Waals surface area contributed by atoms with E-state index in [4.69, 9.17) is 9.84 Å². The number of aliphatic hydroxyl groups excluding tert-OH is 1. The molecule has 0 bridgehead atoms. The van der Waals surface area contributed by atoms with E-state index in [0.29, 0.717) is 17.9 Å². The van der Waals surface area contributed by atoms with Crippen molar-refractivity contribution in [2.45, 2.75) is 19.3 Å². The Bertz CT molecular complexity index is 127. The van der Waals surface area contributed by atoms with Crippen molar-refractivity contribution in [1.82, 2.24) is 0 Å². The molecule has 1 N–H and O–H groups in total. The SMILES string of the molecule is OCC1CC12CCCOC2. The lowest BCUT2D eigenvalue weighted by atomic mass is 9.96. The van der Waals surface area contributed by atoms with Crippen LogP contribution in [0, 0.1) is 11.3 Å². The van der Waals surface area contributed by atoms with E-state index in [-0.39, 0.29) is 0 Å². The number of rotatable bonds is 1. The lowest BCUT2D eigenvalue weighted by molar-refractivity contribution is 0.0315. The third kappa shape index (κ3) is 0.867. The molecule has 2 nitrogen and oxygen atoms in total. The number of aliphatic hydroxyl groups is 1. The number of hydrogen-bond acceptors (Lipinski definition) is 2. The van der Waals surface area contributed by atoms with Crippen molar-refractivity contribution in [2.24, 2.45) is 11.3 Å². The van der Waals surface area contributed by atoms with Crippen LogP contribution in [0.1, 0.15) is 19.3 Å². The second kappa shape index (κ2) is 2.21. The van der Waals surface area contributed by atoms with Gasteiger partial charge in [-0.05, 0) is 30.6 Å². The van der Waals surface area contributed by atoms with Crippen LogP contribution in [0.4, 0.5) is 0 Å². The van der Waals surface area contributed by atoms with Gasteiger partial charge in [0.05, 0.1) is 6.61 Å². The molecule has 10 heavy (non-hydrogen) atoms. The van der Waals surface area contributed by atoms with Crippen LogP contribution in [0.5, 0.6) is 0 Å². The first-order valence-electron chi connectivity index (χ1n) is 4.06. The second-order valence-electron chi connectivity index (χ2n) is 3.60. The van der Waals surface area contributed by atoms with Gasteiger partial charge in [0.2, 0.25) is 0 Å². The van der Waals surface area contributed by atoms with Crippen LogP contribution in [-0.2, 0) is 4.74 Å². The summed E-state index contributed by atoms with van der Waals surface area (Å²) in [6, 6.07) is 0. The van der Waals surface area contributed by atoms with Crippen molar-refractivity contribution in [3.8, 4) is 0 Å². The summed E-state index contributed by atoms with van der Waals surface area (Å²) in [7, 11) is 0.